The van der Waals surface area contributed by atoms with Crippen molar-refractivity contribution in [2.24, 2.45) is 0 Å². The Bertz CT molecular complexity index is 584. The van der Waals surface area contributed by atoms with Crippen LogP contribution in [0, 0.1) is 17.5 Å². The molecule has 0 aliphatic heterocycles. The molecule has 0 atom stereocenters. The first-order valence-corrected chi connectivity index (χ1v) is 5.49. The van der Waals surface area contributed by atoms with E-state index in [0.29, 0.717) is 4.47 Å². The molecular formula is C12H7BrF3N. The van der Waals surface area contributed by atoms with Crippen LogP contribution in [0.1, 0.15) is 0 Å². The summed E-state index contributed by atoms with van der Waals surface area (Å²) in [5.41, 5.74) is 4.58. The molecule has 0 radical (unpaired) electrons. The molecule has 0 aliphatic carbocycles. The van der Waals surface area contributed by atoms with Crippen LogP contribution in [0.4, 0.5) is 18.9 Å². The maximum Gasteiger partial charge on any atom is 0.157 e. The van der Waals surface area contributed by atoms with E-state index in [-0.39, 0.29) is 11.1 Å². The monoisotopic (exact) mass is 301 g/mol. The number of hydrogen-bond acceptors (Lipinski definition) is 1. The Balaban J connectivity index is 2.69. The second-order valence-electron chi connectivity index (χ2n) is 3.45. The summed E-state index contributed by atoms with van der Waals surface area (Å²) in [5, 5.41) is 0. The van der Waals surface area contributed by atoms with Crippen molar-refractivity contribution in [3.05, 3.63) is 52.3 Å². The number of rotatable bonds is 1. The Morgan fingerprint density at radius 3 is 2.24 bits per heavy atom. The van der Waals surface area contributed by atoms with Crippen LogP contribution in [0.15, 0.2) is 34.8 Å². The summed E-state index contributed by atoms with van der Waals surface area (Å²) in [6.07, 6.45) is 0. The van der Waals surface area contributed by atoms with Gasteiger partial charge in [0.25, 0.3) is 0 Å². The highest BCUT2D eigenvalue weighted by Crippen LogP contribution is 2.31. The third kappa shape index (κ3) is 2.15. The molecule has 1 nitrogen and oxygen atoms in total. The van der Waals surface area contributed by atoms with Crippen LogP contribution in [0.3, 0.4) is 0 Å². The minimum Gasteiger partial charge on any atom is -0.394 e. The summed E-state index contributed by atoms with van der Waals surface area (Å²) in [7, 11) is 0. The van der Waals surface area contributed by atoms with Gasteiger partial charge >= 0.3 is 0 Å². The molecule has 2 aromatic rings. The molecule has 0 amide bonds. The summed E-state index contributed by atoms with van der Waals surface area (Å²) in [6, 6.07) is 6.26. The molecule has 0 fully saturated rings. The summed E-state index contributed by atoms with van der Waals surface area (Å²) in [4.78, 5) is 0. The van der Waals surface area contributed by atoms with Gasteiger partial charge in [-0.3, -0.25) is 0 Å². The fraction of sp³-hybridized carbons (Fsp3) is 0. The lowest BCUT2D eigenvalue weighted by Gasteiger charge is -2.08. The Morgan fingerprint density at radius 1 is 0.882 bits per heavy atom. The molecule has 0 spiro atoms. The maximum atomic E-state index is 13.7. The summed E-state index contributed by atoms with van der Waals surface area (Å²) in [6.45, 7) is 0. The average molecular weight is 302 g/mol. The number of nitrogens with two attached hydrogens (primary N) is 1. The lowest BCUT2D eigenvalue weighted by atomic mass is 10.0. The quantitative estimate of drug-likeness (QED) is 0.788. The number of anilines is 1. The van der Waals surface area contributed by atoms with Crippen molar-refractivity contribution in [3.63, 3.8) is 0 Å². The Morgan fingerprint density at radius 2 is 1.53 bits per heavy atom. The van der Waals surface area contributed by atoms with Crippen LogP contribution in [-0.2, 0) is 0 Å². The lowest BCUT2D eigenvalue weighted by molar-refractivity contribution is 0.590. The van der Waals surface area contributed by atoms with Crippen molar-refractivity contribution in [2.45, 2.75) is 0 Å². The van der Waals surface area contributed by atoms with Gasteiger partial charge in [0.05, 0.1) is 0 Å². The van der Waals surface area contributed by atoms with Crippen LogP contribution in [0.2, 0.25) is 0 Å². The Hall–Kier alpha value is -1.49. The van der Waals surface area contributed by atoms with Crippen molar-refractivity contribution in [1.29, 1.82) is 0 Å². The van der Waals surface area contributed by atoms with Crippen LogP contribution >= 0.6 is 15.9 Å². The van der Waals surface area contributed by atoms with Gasteiger partial charge in [-0.15, -0.1) is 0 Å². The number of hydrogen-bond donors (Lipinski definition) is 1. The molecule has 17 heavy (non-hydrogen) atoms. The molecule has 0 saturated heterocycles. The largest absolute Gasteiger partial charge is 0.394 e. The van der Waals surface area contributed by atoms with E-state index in [2.05, 4.69) is 15.9 Å². The van der Waals surface area contributed by atoms with Gasteiger partial charge in [-0.1, -0.05) is 15.9 Å². The van der Waals surface area contributed by atoms with Gasteiger partial charge in [0.2, 0.25) is 0 Å². The molecule has 0 heterocycles. The van der Waals surface area contributed by atoms with Crippen molar-refractivity contribution in [3.8, 4) is 11.1 Å². The van der Waals surface area contributed by atoms with Crippen LogP contribution in [-0.4, -0.2) is 0 Å². The zero-order valence-electron chi connectivity index (χ0n) is 8.48. The Labute approximate surface area is 104 Å². The molecule has 2 rings (SSSR count). The summed E-state index contributed by atoms with van der Waals surface area (Å²) < 4.78 is 40.8. The van der Waals surface area contributed by atoms with E-state index in [1.54, 1.807) is 0 Å². The van der Waals surface area contributed by atoms with Gasteiger partial charge in [0.1, 0.15) is 17.3 Å². The molecule has 5 heteroatoms. The normalized spacial score (nSPS) is 10.6. The first-order valence-electron chi connectivity index (χ1n) is 4.69. The molecule has 88 valence electrons. The van der Waals surface area contributed by atoms with Gasteiger partial charge in [-0.25, -0.2) is 13.2 Å². The SMILES string of the molecule is Nc1c(F)ccc(-c2cc(Br)ccc2F)c1F. The van der Waals surface area contributed by atoms with E-state index in [4.69, 9.17) is 5.73 Å². The van der Waals surface area contributed by atoms with Crippen molar-refractivity contribution >= 4 is 21.6 Å². The van der Waals surface area contributed by atoms with E-state index in [1.807, 2.05) is 0 Å². The Kier molecular flexibility index (Phi) is 3.11. The molecular weight excluding hydrogens is 295 g/mol. The summed E-state index contributed by atoms with van der Waals surface area (Å²) in [5.74, 6) is -2.42. The molecule has 0 aromatic heterocycles. The first kappa shape index (κ1) is 12.0. The van der Waals surface area contributed by atoms with E-state index in [9.17, 15) is 13.2 Å². The van der Waals surface area contributed by atoms with E-state index < -0.39 is 23.1 Å². The number of benzene rings is 2. The third-order valence-electron chi connectivity index (χ3n) is 2.35. The molecule has 0 saturated carbocycles. The van der Waals surface area contributed by atoms with Gasteiger partial charge in [0.15, 0.2) is 5.82 Å². The minimum absolute atomic E-state index is 0.0311. The predicted octanol–water partition coefficient (Wildman–Crippen LogP) is 4.12. The highest BCUT2D eigenvalue weighted by atomic mass is 79.9. The lowest BCUT2D eigenvalue weighted by Crippen LogP contribution is -1.98. The smallest absolute Gasteiger partial charge is 0.157 e. The molecule has 0 bridgehead atoms. The summed E-state index contributed by atoms with van der Waals surface area (Å²) >= 11 is 3.16. The molecule has 0 aliphatic rings. The zero-order chi connectivity index (χ0) is 12.6. The highest BCUT2D eigenvalue weighted by molar-refractivity contribution is 9.10. The predicted molar refractivity (Wildman–Crippen MR) is 63.9 cm³/mol. The van der Waals surface area contributed by atoms with Crippen LogP contribution in [0.25, 0.3) is 11.1 Å². The van der Waals surface area contributed by atoms with Gasteiger partial charge in [-0.05, 0) is 30.3 Å². The van der Waals surface area contributed by atoms with Crippen molar-refractivity contribution in [2.75, 3.05) is 5.73 Å². The van der Waals surface area contributed by atoms with Crippen LogP contribution < -0.4 is 5.73 Å². The van der Waals surface area contributed by atoms with Crippen molar-refractivity contribution in [1.82, 2.24) is 0 Å². The molecule has 2 N–H and O–H groups in total. The van der Waals surface area contributed by atoms with Gasteiger partial charge in [0, 0.05) is 15.6 Å². The number of halogens is 4. The highest BCUT2D eigenvalue weighted by Gasteiger charge is 2.15. The molecule has 2 aromatic carbocycles. The first-order chi connectivity index (χ1) is 8.00. The fourth-order valence-electron chi connectivity index (χ4n) is 1.48. The average Bonchev–Trinajstić information content (AvgIpc) is 2.30. The third-order valence-corrected chi connectivity index (χ3v) is 2.84. The van der Waals surface area contributed by atoms with E-state index >= 15 is 0 Å². The van der Waals surface area contributed by atoms with Gasteiger partial charge in [-0.2, -0.15) is 0 Å². The van der Waals surface area contributed by atoms with Gasteiger partial charge < -0.3 is 5.73 Å². The maximum absolute atomic E-state index is 13.7. The number of nitrogen functional groups attached to an aromatic ring is 1. The fourth-order valence-corrected chi connectivity index (χ4v) is 1.84. The second kappa shape index (κ2) is 4.41. The zero-order valence-corrected chi connectivity index (χ0v) is 10.1. The minimum atomic E-state index is -0.956. The van der Waals surface area contributed by atoms with E-state index in [1.165, 1.54) is 18.2 Å². The molecule has 0 unspecified atom stereocenters. The van der Waals surface area contributed by atoms with Crippen LogP contribution in [0.5, 0.6) is 0 Å². The standard InChI is InChI=1S/C12H7BrF3N/c13-6-1-3-9(14)8(5-6)7-2-4-10(15)12(17)11(7)16/h1-5H,17H2. The second-order valence-corrected chi connectivity index (χ2v) is 4.36. The van der Waals surface area contributed by atoms with E-state index in [0.717, 1.165) is 12.1 Å². The topological polar surface area (TPSA) is 26.0 Å². The van der Waals surface area contributed by atoms with Crippen molar-refractivity contribution < 1.29 is 13.2 Å².